The van der Waals surface area contributed by atoms with Crippen LogP contribution < -0.4 is 0 Å². The molecule has 2 aromatic rings. The molecule has 18 heavy (non-hydrogen) atoms. The highest BCUT2D eigenvalue weighted by molar-refractivity contribution is 5.98. The minimum atomic E-state index is 0.268. The van der Waals surface area contributed by atoms with Gasteiger partial charge in [-0.2, -0.15) is 0 Å². The van der Waals surface area contributed by atoms with E-state index < -0.39 is 0 Å². The Morgan fingerprint density at radius 3 is 1.72 bits per heavy atom. The molecular formula is C16H17OSi. The molecule has 0 fully saturated rings. The van der Waals surface area contributed by atoms with E-state index in [1.165, 1.54) is 22.3 Å². The van der Waals surface area contributed by atoms with Crippen molar-refractivity contribution in [2.45, 2.75) is 19.8 Å². The summed E-state index contributed by atoms with van der Waals surface area (Å²) in [5.41, 5.74) is 5.25. The van der Waals surface area contributed by atoms with Gasteiger partial charge >= 0.3 is 0 Å². The van der Waals surface area contributed by atoms with Gasteiger partial charge in [0, 0.05) is 12.5 Å². The van der Waals surface area contributed by atoms with Gasteiger partial charge in [-0.05, 0) is 36.1 Å². The van der Waals surface area contributed by atoms with E-state index in [1.54, 1.807) is 0 Å². The summed E-state index contributed by atoms with van der Waals surface area (Å²) in [5.74, 6) is 0.268. The number of rotatable bonds is 4. The molecule has 3 radical (unpaired) electrons. The molecule has 2 rings (SSSR count). The zero-order valence-corrected chi connectivity index (χ0v) is 11.8. The van der Waals surface area contributed by atoms with Crippen LogP contribution in [0.25, 0.3) is 0 Å². The van der Waals surface area contributed by atoms with E-state index in [0.717, 1.165) is 0 Å². The van der Waals surface area contributed by atoms with Gasteiger partial charge in [0.15, 0.2) is 0 Å². The first kappa shape index (κ1) is 13.1. The highest BCUT2D eigenvalue weighted by Crippen LogP contribution is 2.29. The second kappa shape index (κ2) is 5.98. The van der Waals surface area contributed by atoms with Crippen LogP contribution in [0.4, 0.5) is 0 Å². The third-order valence-electron chi connectivity index (χ3n) is 3.38. The van der Waals surface area contributed by atoms with Crippen molar-refractivity contribution in [2.75, 3.05) is 6.61 Å². The SMILES string of the molecule is Cc1ccccc1C(CO[Si])c1ccccc1C. The Kier molecular flexibility index (Phi) is 4.34. The van der Waals surface area contributed by atoms with Crippen LogP contribution in [0.2, 0.25) is 0 Å². The van der Waals surface area contributed by atoms with E-state index in [2.05, 4.69) is 72.9 Å². The van der Waals surface area contributed by atoms with Gasteiger partial charge in [0.25, 0.3) is 0 Å². The lowest BCUT2D eigenvalue weighted by Gasteiger charge is -2.21. The molecule has 0 amide bonds. The molecule has 91 valence electrons. The molecule has 0 aliphatic rings. The number of aryl methyl sites for hydroxylation is 2. The van der Waals surface area contributed by atoms with Gasteiger partial charge in [0.1, 0.15) is 0 Å². The highest BCUT2D eigenvalue weighted by Gasteiger charge is 2.17. The van der Waals surface area contributed by atoms with Crippen molar-refractivity contribution in [2.24, 2.45) is 0 Å². The molecule has 0 unspecified atom stereocenters. The fraction of sp³-hybridized carbons (Fsp3) is 0.250. The maximum absolute atomic E-state index is 5.23. The van der Waals surface area contributed by atoms with E-state index in [9.17, 15) is 0 Å². The quantitative estimate of drug-likeness (QED) is 0.757. The molecule has 0 aliphatic carbocycles. The molecule has 0 saturated heterocycles. The van der Waals surface area contributed by atoms with Crippen LogP contribution in [-0.4, -0.2) is 17.1 Å². The first-order valence-corrected chi connectivity index (χ1v) is 6.54. The summed E-state index contributed by atoms with van der Waals surface area (Å²) in [5, 5.41) is 0. The van der Waals surface area contributed by atoms with Crippen LogP contribution in [0, 0.1) is 13.8 Å². The Balaban J connectivity index is 2.47. The maximum Gasteiger partial charge on any atom is 0.246 e. The lowest BCUT2D eigenvalue weighted by molar-refractivity contribution is 0.332. The standard InChI is InChI=1S/C16H17OSi/c1-12-7-3-5-9-14(12)16(11-17-18)15-10-6-4-8-13(15)2/h3-10,16H,11H2,1-2H3. The van der Waals surface area contributed by atoms with Gasteiger partial charge in [0.05, 0.1) is 0 Å². The van der Waals surface area contributed by atoms with Crippen molar-refractivity contribution in [3.8, 4) is 0 Å². The summed E-state index contributed by atoms with van der Waals surface area (Å²) < 4.78 is 5.23. The second-order valence-electron chi connectivity index (χ2n) is 4.58. The van der Waals surface area contributed by atoms with Crippen molar-refractivity contribution < 1.29 is 4.43 Å². The second-order valence-corrected chi connectivity index (χ2v) is 4.87. The van der Waals surface area contributed by atoms with Crippen LogP contribution in [0.15, 0.2) is 48.5 Å². The molecule has 1 nitrogen and oxygen atoms in total. The lowest BCUT2D eigenvalue weighted by atomic mass is 9.87. The Morgan fingerprint density at radius 2 is 1.33 bits per heavy atom. The summed E-state index contributed by atoms with van der Waals surface area (Å²) >= 11 is 0. The summed E-state index contributed by atoms with van der Waals surface area (Å²) in [6.07, 6.45) is 0. The summed E-state index contributed by atoms with van der Waals surface area (Å²) in [6, 6.07) is 17.0. The van der Waals surface area contributed by atoms with E-state index >= 15 is 0 Å². The van der Waals surface area contributed by atoms with Crippen LogP contribution in [0.1, 0.15) is 28.2 Å². The molecule has 0 heterocycles. The summed E-state index contributed by atoms with van der Waals surface area (Å²) in [7, 11) is 3.14. The van der Waals surface area contributed by atoms with Crippen LogP contribution >= 0.6 is 0 Å². The van der Waals surface area contributed by atoms with Gasteiger partial charge in [-0.15, -0.1) is 0 Å². The summed E-state index contributed by atoms with van der Waals surface area (Å²) in [6.45, 7) is 4.93. The Morgan fingerprint density at radius 1 is 0.889 bits per heavy atom. The van der Waals surface area contributed by atoms with Gasteiger partial charge in [-0.3, -0.25) is 0 Å². The molecule has 0 spiro atoms. The monoisotopic (exact) mass is 253 g/mol. The molecule has 0 saturated carbocycles. The minimum Gasteiger partial charge on any atom is -0.418 e. The predicted molar refractivity (Wildman–Crippen MR) is 75.9 cm³/mol. The smallest absolute Gasteiger partial charge is 0.246 e. The fourth-order valence-electron chi connectivity index (χ4n) is 2.39. The fourth-order valence-corrected chi connectivity index (χ4v) is 2.55. The van der Waals surface area contributed by atoms with E-state index in [4.69, 9.17) is 4.43 Å². The molecule has 0 atom stereocenters. The van der Waals surface area contributed by atoms with Crippen molar-refractivity contribution in [1.82, 2.24) is 0 Å². The highest BCUT2D eigenvalue weighted by atomic mass is 28.2. The lowest BCUT2D eigenvalue weighted by Crippen LogP contribution is -2.11. The van der Waals surface area contributed by atoms with Crippen LogP contribution in [0.5, 0.6) is 0 Å². The average molecular weight is 253 g/mol. The minimum absolute atomic E-state index is 0.268. The average Bonchev–Trinajstić information content (AvgIpc) is 2.38. The number of hydrogen-bond acceptors (Lipinski definition) is 1. The number of benzene rings is 2. The van der Waals surface area contributed by atoms with Crippen LogP contribution in [-0.2, 0) is 4.43 Å². The molecule has 2 heteroatoms. The Hall–Kier alpha value is -1.38. The zero-order valence-electron chi connectivity index (χ0n) is 10.8. The first-order valence-electron chi connectivity index (χ1n) is 6.13. The maximum atomic E-state index is 5.23. The first-order chi connectivity index (χ1) is 8.74. The van der Waals surface area contributed by atoms with E-state index in [0.29, 0.717) is 6.61 Å². The molecule has 2 aromatic carbocycles. The third kappa shape index (κ3) is 2.71. The normalized spacial score (nSPS) is 10.9. The van der Waals surface area contributed by atoms with Gasteiger partial charge in [-0.25, -0.2) is 0 Å². The van der Waals surface area contributed by atoms with Crippen molar-refractivity contribution in [3.63, 3.8) is 0 Å². The molecule has 0 bridgehead atoms. The zero-order chi connectivity index (χ0) is 13.0. The van der Waals surface area contributed by atoms with Crippen molar-refractivity contribution >= 4 is 10.5 Å². The number of hydrogen-bond donors (Lipinski definition) is 0. The molecular weight excluding hydrogens is 236 g/mol. The van der Waals surface area contributed by atoms with Crippen molar-refractivity contribution in [1.29, 1.82) is 0 Å². The van der Waals surface area contributed by atoms with E-state index in [-0.39, 0.29) is 5.92 Å². The molecule has 0 aromatic heterocycles. The van der Waals surface area contributed by atoms with Crippen molar-refractivity contribution in [3.05, 3.63) is 70.8 Å². The van der Waals surface area contributed by atoms with Crippen LogP contribution in [0.3, 0.4) is 0 Å². The van der Waals surface area contributed by atoms with E-state index in [1.807, 2.05) is 0 Å². The Labute approximate surface area is 112 Å². The topological polar surface area (TPSA) is 9.23 Å². The van der Waals surface area contributed by atoms with Gasteiger partial charge in [-0.1, -0.05) is 48.5 Å². The van der Waals surface area contributed by atoms with Gasteiger partial charge in [0.2, 0.25) is 10.5 Å². The third-order valence-corrected chi connectivity index (χ3v) is 3.54. The van der Waals surface area contributed by atoms with Gasteiger partial charge < -0.3 is 4.43 Å². The molecule has 0 aliphatic heterocycles. The Bertz CT molecular complexity index is 477. The molecule has 0 N–H and O–H groups in total. The predicted octanol–water partition coefficient (Wildman–Crippen LogP) is 3.54. The largest absolute Gasteiger partial charge is 0.418 e. The summed E-state index contributed by atoms with van der Waals surface area (Å²) in [4.78, 5) is 0.